The van der Waals surface area contributed by atoms with Gasteiger partial charge in [0, 0.05) is 49.1 Å². The highest BCUT2D eigenvalue weighted by atomic mass is 32.2. The van der Waals surface area contributed by atoms with Gasteiger partial charge < -0.3 is 19.3 Å². The second-order valence-corrected chi connectivity index (χ2v) is 17.0. The maximum Gasteiger partial charge on any atom is 0.211 e. The van der Waals surface area contributed by atoms with Crippen LogP contribution in [0.5, 0.6) is 0 Å². The van der Waals surface area contributed by atoms with Gasteiger partial charge in [0.1, 0.15) is 11.6 Å². The van der Waals surface area contributed by atoms with E-state index in [9.17, 15) is 35.8 Å². The number of aliphatic hydroxyl groups is 2. The second kappa shape index (κ2) is 12.1. The first-order chi connectivity index (χ1) is 22.7. The van der Waals surface area contributed by atoms with Crippen LogP contribution in [0, 0.1) is 23.5 Å². The van der Waals surface area contributed by atoms with Crippen molar-refractivity contribution < 1.29 is 35.8 Å². The number of aliphatic hydroxyl groups excluding tert-OH is 2. The van der Waals surface area contributed by atoms with Crippen molar-refractivity contribution in [3.8, 4) is 22.5 Å². The summed E-state index contributed by atoms with van der Waals surface area (Å²) in [5.74, 6) is -1.10. The van der Waals surface area contributed by atoms with E-state index in [0.29, 0.717) is 25.9 Å². The van der Waals surface area contributed by atoms with Gasteiger partial charge in [-0.15, -0.1) is 0 Å². The summed E-state index contributed by atoms with van der Waals surface area (Å²) in [5, 5.41) is 21.1. The minimum Gasteiger partial charge on any atom is -0.393 e. The normalized spacial score (nSPS) is 27.0. The molecule has 6 heterocycles. The Morgan fingerprint density at radius 1 is 0.688 bits per heavy atom. The number of fused-ring (bicyclic) bond motifs is 6. The molecule has 6 unspecified atom stereocenters. The van der Waals surface area contributed by atoms with Crippen molar-refractivity contribution in [1.29, 1.82) is 0 Å². The van der Waals surface area contributed by atoms with Crippen molar-refractivity contribution in [3.05, 3.63) is 84.2 Å². The molecule has 4 aliphatic heterocycles. The molecule has 2 saturated heterocycles. The topological polar surface area (TPSA) is 151 Å². The van der Waals surface area contributed by atoms with Crippen molar-refractivity contribution in [2.75, 3.05) is 38.7 Å². The monoisotopic (exact) mass is 702 g/mol. The molecule has 0 amide bonds. The Morgan fingerprint density at radius 2 is 1.17 bits per heavy atom. The minimum atomic E-state index is -3.32. The summed E-state index contributed by atoms with van der Waals surface area (Å²) in [4.78, 5) is 8.29. The van der Waals surface area contributed by atoms with E-state index in [1.54, 1.807) is 37.2 Å². The minimum absolute atomic E-state index is 0.0839. The molecule has 0 radical (unpaired) electrons. The Labute approximate surface area is 277 Å². The molecule has 4 aromatic rings. The van der Waals surface area contributed by atoms with Crippen LogP contribution in [0.2, 0.25) is 0 Å². The lowest BCUT2D eigenvalue weighted by Gasteiger charge is -2.38. The summed E-state index contributed by atoms with van der Waals surface area (Å²) in [6.07, 6.45) is 8.55. The summed E-state index contributed by atoms with van der Waals surface area (Å²) >= 11 is 0. The van der Waals surface area contributed by atoms with Crippen LogP contribution in [-0.2, 0) is 20.0 Å². The molecule has 6 atom stereocenters. The van der Waals surface area contributed by atoms with Crippen LogP contribution in [-0.4, -0.2) is 106 Å². The number of nitrogens with zero attached hydrogens (tertiary/aromatic N) is 6. The van der Waals surface area contributed by atoms with Crippen molar-refractivity contribution in [2.24, 2.45) is 11.8 Å². The third-order valence-corrected chi connectivity index (χ3v) is 12.6. The summed E-state index contributed by atoms with van der Waals surface area (Å²) in [7, 11) is -6.64. The lowest BCUT2D eigenvalue weighted by molar-refractivity contribution is 0.0345. The van der Waals surface area contributed by atoms with Crippen LogP contribution < -0.4 is 0 Å². The summed E-state index contributed by atoms with van der Waals surface area (Å²) < 4.78 is 81.1. The third-order valence-electron chi connectivity index (χ3n) is 10.1. The molecule has 2 N–H and O–H groups in total. The Morgan fingerprint density at radius 3 is 1.67 bits per heavy atom. The van der Waals surface area contributed by atoms with E-state index in [1.807, 2.05) is 9.13 Å². The van der Waals surface area contributed by atoms with Gasteiger partial charge in [0.2, 0.25) is 20.0 Å². The molecule has 0 aliphatic carbocycles. The molecule has 4 aliphatic rings. The third kappa shape index (κ3) is 5.77. The first-order valence-corrected chi connectivity index (χ1v) is 19.3. The van der Waals surface area contributed by atoms with Gasteiger partial charge >= 0.3 is 0 Å². The van der Waals surface area contributed by atoms with E-state index in [4.69, 9.17) is 0 Å². The number of benzene rings is 2. The van der Waals surface area contributed by atoms with Crippen LogP contribution in [0.4, 0.5) is 8.78 Å². The number of imidazole rings is 2. The number of piperidine rings is 2. The van der Waals surface area contributed by atoms with Gasteiger partial charge in [0.25, 0.3) is 0 Å². The fourth-order valence-corrected chi connectivity index (χ4v) is 9.54. The molecule has 256 valence electrons. The first kappa shape index (κ1) is 33.0. The lowest BCUT2D eigenvalue weighted by Crippen LogP contribution is -2.48. The number of β-amino-alcohol motifs (C(OH)–C–C–N with tert-alkyl or cyclic N) is 1. The number of hydrogen-bond donors (Lipinski definition) is 2. The number of sulfonamides is 2. The molecule has 0 spiro atoms. The zero-order chi connectivity index (χ0) is 34.1. The first-order valence-electron chi connectivity index (χ1n) is 15.6. The quantitative estimate of drug-likeness (QED) is 0.330. The predicted molar refractivity (Wildman–Crippen MR) is 173 cm³/mol. The van der Waals surface area contributed by atoms with E-state index in [1.165, 1.54) is 39.1 Å². The molecule has 0 bridgehead atoms. The van der Waals surface area contributed by atoms with Crippen LogP contribution >= 0.6 is 0 Å². The number of hydrogen-bond acceptors (Lipinski definition) is 8. The van der Waals surface area contributed by atoms with Crippen molar-refractivity contribution in [3.63, 3.8) is 0 Å². The summed E-state index contributed by atoms with van der Waals surface area (Å²) in [5.41, 5.74) is 5.00. The van der Waals surface area contributed by atoms with E-state index in [-0.39, 0.29) is 48.6 Å². The smallest absolute Gasteiger partial charge is 0.211 e. The molecule has 0 saturated carbocycles. The van der Waals surface area contributed by atoms with Crippen LogP contribution in [0.1, 0.15) is 36.1 Å². The molecule has 16 heteroatoms. The van der Waals surface area contributed by atoms with Gasteiger partial charge in [0.15, 0.2) is 0 Å². The Balaban J connectivity index is 0.000000152. The fourth-order valence-electron chi connectivity index (χ4n) is 7.80. The van der Waals surface area contributed by atoms with Gasteiger partial charge in [-0.2, -0.15) is 4.31 Å². The highest BCUT2D eigenvalue weighted by Crippen LogP contribution is 2.47. The van der Waals surface area contributed by atoms with Gasteiger partial charge in [-0.1, -0.05) is 12.1 Å². The molecular formula is C32H36F2N6O6S2. The second-order valence-electron chi connectivity index (χ2n) is 13.0. The van der Waals surface area contributed by atoms with Crippen LogP contribution in [0.15, 0.2) is 61.4 Å². The van der Waals surface area contributed by atoms with Gasteiger partial charge in [-0.25, -0.2) is 39.9 Å². The average molecular weight is 703 g/mol. The van der Waals surface area contributed by atoms with E-state index >= 15 is 0 Å². The molecule has 8 rings (SSSR count). The average Bonchev–Trinajstić information content (AvgIpc) is 3.79. The van der Waals surface area contributed by atoms with Gasteiger partial charge in [-0.05, 0) is 48.2 Å². The summed E-state index contributed by atoms with van der Waals surface area (Å²) in [6, 6.07) is 8.83. The number of rotatable bonds is 4. The molecule has 2 fully saturated rings. The zero-order valence-electron chi connectivity index (χ0n) is 26.3. The standard InChI is InChI=1S/2C16H18FN3O3S/c1-24(22,23)19-5-4-15(21)13(8-19)16-11-3-2-10(17)6-12(11)14-7-18-9-20(14)16;1-24(22,23)19-5-4-12(15(21)8-19)16-11-3-2-10(17)6-13(11)14-7-18-9-20(14)16/h2-3,6-7,9,13,15-16,21H,4-5,8H2,1H3;2-3,6-7,9,12,15-16,21H,4-5,8H2,1H3. The SMILES string of the molecule is CS(=O)(=O)N1CCC(C2c3ccc(F)cc3-c3cncn32)C(O)C1.CS(=O)(=O)N1CCC(O)C(C2c3ccc(F)cc3-c3cncn32)C1. The fraction of sp³-hybridized carbons (Fsp3) is 0.438. The highest BCUT2D eigenvalue weighted by Gasteiger charge is 2.43. The Bertz CT molecular complexity index is 2090. The zero-order valence-corrected chi connectivity index (χ0v) is 27.9. The lowest BCUT2D eigenvalue weighted by atomic mass is 9.84. The summed E-state index contributed by atoms with van der Waals surface area (Å²) in [6.45, 7) is 1.01. The maximum absolute atomic E-state index is 13.7. The maximum atomic E-state index is 13.7. The van der Waals surface area contributed by atoms with Crippen LogP contribution in [0.3, 0.4) is 0 Å². The highest BCUT2D eigenvalue weighted by molar-refractivity contribution is 7.88. The molecule has 2 aromatic heterocycles. The predicted octanol–water partition coefficient (Wildman–Crippen LogP) is 2.47. The molecule has 2 aromatic carbocycles. The van der Waals surface area contributed by atoms with Crippen LogP contribution in [0.25, 0.3) is 22.5 Å². The van der Waals surface area contributed by atoms with E-state index in [2.05, 4.69) is 9.97 Å². The number of aromatic nitrogens is 4. The molecule has 12 nitrogen and oxygen atoms in total. The molecular weight excluding hydrogens is 667 g/mol. The van der Waals surface area contributed by atoms with Crippen molar-refractivity contribution in [2.45, 2.75) is 37.1 Å². The van der Waals surface area contributed by atoms with Crippen molar-refractivity contribution >= 4 is 20.0 Å². The number of halogens is 2. The van der Waals surface area contributed by atoms with E-state index in [0.717, 1.165) is 39.9 Å². The van der Waals surface area contributed by atoms with E-state index < -0.39 is 32.3 Å². The van der Waals surface area contributed by atoms with Gasteiger partial charge in [-0.3, -0.25) is 0 Å². The largest absolute Gasteiger partial charge is 0.393 e. The Kier molecular flexibility index (Phi) is 8.32. The van der Waals surface area contributed by atoms with Crippen molar-refractivity contribution in [1.82, 2.24) is 27.7 Å². The Hall–Kier alpha value is -3.54. The molecule has 48 heavy (non-hydrogen) atoms. The van der Waals surface area contributed by atoms with Gasteiger partial charge in [0.05, 0.1) is 73.2 Å².